The summed E-state index contributed by atoms with van der Waals surface area (Å²) in [4.78, 5) is 12.3. The van der Waals surface area contributed by atoms with Crippen LogP contribution in [0, 0.1) is 6.92 Å². The molecule has 0 aliphatic carbocycles. The van der Waals surface area contributed by atoms with Crippen LogP contribution >= 0.6 is 0 Å². The van der Waals surface area contributed by atoms with Gasteiger partial charge in [0.1, 0.15) is 15.5 Å². The second-order valence-corrected chi connectivity index (χ2v) is 8.29. The molecule has 1 N–H and O–H groups in total. The number of rotatable bonds is 5. The lowest BCUT2D eigenvalue weighted by molar-refractivity contribution is 0.0928. The van der Waals surface area contributed by atoms with E-state index in [-0.39, 0.29) is 23.5 Å². The number of hydrogen-bond donors (Lipinski definition) is 1. The summed E-state index contributed by atoms with van der Waals surface area (Å²) in [7, 11) is -2.91. The van der Waals surface area contributed by atoms with E-state index in [2.05, 4.69) is 24.3 Å². The predicted octanol–water partition coefficient (Wildman–Crippen LogP) is 1.86. The highest BCUT2D eigenvalue weighted by Gasteiger charge is 2.26. The number of amides is 1. The quantitative estimate of drug-likeness (QED) is 0.895. The van der Waals surface area contributed by atoms with Gasteiger partial charge in [0, 0.05) is 11.7 Å². The van der Waals surface area contributed by atoms with Gasteiger partial charge in [0.15, 0.2) is 0 Å². The van der Waals surface area contributed by atoms with Gasteiger partial charge in [0.05, 0.1) is 17.5 Å². The Bertz CT molecular complexity index is 618. The van der Waals surface area contributed by atoms with Gasteiger partial charge in [-0.1, -0.05) is 13.8 Å². The van der Waals surface area contributed by atoms with E-state index in [9.17, 15) is 13.2 Å². The number of hydrogen-bond acceptors (Lipinski definition) is 4. The first-order chi connectivity index (χ1) is 10.4. The summed E-state index contributed by atoms with van der Waals surface area (Å²) in [6, 6.07) is 2.03. The van der Waals surface area contributed by atoms with Crippen molar-refractivity contribution in [2.24, 2.45) is 0 Å². The lowest BCUT2D eigenvalue weighted by Gasteiger charge is -2.22. The first-order valence-corrected chi connectivity index (χ1v) is 9.75. The first-order valence-electron chi connectivity index (χ1n) is 7.93. The Morgan fingerprint density at radius 3 is 2.50 bits per heavy atom. The van der Waals surface area contributed by atoms with Crippen LogP contribution in [0.15, 0.2) is 6.07 Å². The standard InChI is InChI=1S/C15H25N3O3S/c1-4-13(5-2)18-11(3)10-14(17-18)15(19)16-12-6-8-22(20,21)9-7-12/h10,12-13H,4-9H2,1-3H3,(H,16,19). The van der Waals surface area contributed by atoms with Crippen molar-refractivity contribution in [3.8, 4) is 0 Å². The summed E-state index contributed by atoms with van der Waals surface area (Å²) in [5.74, 6) is 0.0929. The number of nitrogens with one attached hydrogen (secondary N) is 1. The molecule has 1 aromatic heterocycles. The Morgan fingerprint density at radius 2 is 1.95 bits per heavy atom. The van der Waals surface area contributed by atoms with Crippen LogP contribution in [0.5, 0.6) is 0 Å². The molecular weight excluding hydrogens is 302 g/mol. The smallest absolute Gasteiger partial charge is 0.272 e. The van der Waals surface area contributed by atoms with Crippen molar-refractivity contribution in [3.05, 3.63) is 17.5 Å². The summed E-state index contributed by atoms with van der Waals surface area (Å²) >= 11 is 0. The minimum atomic E-state index is -2.91. The third kappa shape index (κ3) is 3.88. The maximum atomic E-state index is 12.3. The monoisotopic (exact) mass is 327 g/mol. The van der Waals surface area contributed by atoms with E-state index in [4.69, 9.17) is 0 Å². The van der Waals surface area contributed by atoms with E-state index >= 15 is 0 Å². The summed E-state index contributed by atoms with van der Waals surface area (Å²) < 4.78 is 24.7. The van der Waals surface area contributed by atoms with E-state index in [1.54, 1.807) is 6.07 Å². The third-order valence-electron chi connectivity index (χ3n) is 4.33. The fourth-order valence-electron chi connectivity index (χ4n) is 2.90. The lowest BCUT2D eigenvalue weighted by atomic mass is 10.1. The molecule has 0 saturated carbocycles. The lowest BCUT2D eigenvalue weighted by Crippen LogP contribution is -2.41. The van der Waals surface area contributed by atoms with Crippen LogP contribution in [0.4, 0.5) is 0 Å². The molecule has 0 atom stereocenters. The Hall–Kier alpha value is -1.37. The van der Waals surface area contributed by atoms with Crippen LogP contribution in [-0.2, 0) is 9.84 Å². The SMILES string of the molecule is CCC(CC)n1nc(C(=O)NC2CCS(=O)(=O)CC2)cc1C. The molecule has 1 fully saturated rings. The molecule has 0 aromatic carbocycles. The fraction of sp³-hybridized carbons (Fsp3) is 0.733. The molecule has 0 unspecified atom stereocenters. The van der Waals surface area contributed by atoms with Crippen molar-refractivity contribution < 1.29 is 13.2 Å². The molecule has 124 valence electrons. The Balaban J connectivity index is 2.03. The molecule has 2 heterocycles. The first kappa shape index (κ1) is 17.0. The predicted molar refractivity (Wildman–Crippen MR) is 85.7 cm³/mol. The number of aromatic nitrogens is 2. The molecule has 2 rings (SSSR count). The van der Waals surface area contributed by atoms with Gasteiger partial charge in [-0.2, -0.15) is 5.10 Å². The maximum Gasteiger partial charge on any atom is 0.272 e. The molecule has 0 spiro atoms. The van der Waals surface area contributed by atoms with Gasteiger partial charge >= 0.3 is 0 Å². The molecular formula is C15H25N3O3S. The average molecular weight is 327 g/mol. The summed E-state index contributed by atoms with van der Waals surface area (Å²) in [5, 5.41) is 7.34. The van der Waals surface area contributed by atoms with Gasteiger partial charge in [0.2, 0.25) is 0 Å². The largest absolute Gasteiger partial charge is 0.348 e. The van der Waals surface area contributed by atoms with Crippen LogP contribution in [0.1, 0.15) is 61.8 Å². The van der Waals surface area contributed by atoms with Crippen molar-refractivity contribution in [2.75, 3.05) is 11.5 Å². The van der Waals surface area contributed by atoms with E-state index < -0.39 is 9.84 Å². The van der Waals surface area contributed by atoms with Gasteiger partial charge in [0.25, 0.3) is 5.91 Å². The Morgan fingerprint density at radius 1 is 1.36 bits per heavy atom. The molecule has 1 aromatic rings. The van der Waals surface area contributed by atoms with Crippen LogP contribution < -0.4 is 5.32 Å². The zero-order chi connectivity index (χ0) is 16.3. The minimum Gasteiger partial charge on any atom is -0.348 e. The molecule has 0 radical (unpaired) electrons. The second-order valence-electron chi connectivity index (χ2n) is 5.99. The van der Waals surface area contributed by atoms with E-state index in [1.807, 2.05) is 11.6 Å². The molecule has 1 amide bonds. The van der Waals surface area contributed by atoms with Gasteiger partial charge in [-0.25, -0.2) is 8.42 Å². The fourth-order valence-corrected chi connectivity index (χ4v) is 4.39. The van der Waals surface area contributed by atoms with E-state index in [0.717, 1.165) is 18.5 Å². The van der Waals surface area contributed by atoms with Crippen molar-refractivity contribution in [3.63, 3.8) is 0 Å². The second kappa shape index (κ2) is 6.81. The molecule has 1 aliphatic heterocycles. The summed E-state index contributed by atoms with van der Waals surface area (Å²) in [5.41, 5.74) is 1.39. The van der Waals surface area contributed by atoms with Gasteiger partial charge in [-0.3, -0.25) is 9.48 Å². The number of carbonyl (C=O) groups excluding carboxylic acids is 1. The third-order valence-corrected chi connectivity index (χ3v) is 6.05. The Labute approximate surface area is 132 Å². The van der Waals surface area contributed by atoms with Crippen LogP contribution in [0.25, 0.3) is 0 Å². The Kier molecular flexibility index (Phi) is 5.26. The average Bonchev–Trinajstić information content (AvgIpc) is 2.85. The highest BCUT2D eigenvalue weighted by molar-refractivity contribution is 7.91. The normalized spacial score (nSPS) is 18.5. The van der Waals surface area contributed by atoms with Crippen molar-refractivity contribution in [1.29, 1.82) is 0 Å². The molecule has 22 heavy (non-hydrogen) atoms. The highest BCUT2D eigenvalue weighted by atomic mass is 32.2. The van der Waals surface area contributed by atoms with E-state index in [0.29, 0.717) is 24.6 Å². The highest BCUT2D eigenvalue weighted by Crippen LogP contribution is 2.18. The van der Waals surface area contributed by atoms with Crippen LogP contribution in [-0.4, -0.2) is 41.7 Å². The van der Waals surface area contributed by atoms with Gasteiger partial charge < -0.3 is 5.32 Å². The zero-order valence-electron chi connectivity index (χ0n) is 13.5. The van der Waals surface area contributed by atoms with Crippen molar-refractivity contribution >= 4 is 15.7 Å². The van der Waals surface area contributed by atoms with Crippen LogP contribution in [0.3, 0.4) is 0 Å². The summed E-state index contributed by atoms with van der Waals surface area (Å²) in [6.45, 7) is 6.17. The number of nitrogens with zero attached hydrogens (tertiary/aromatic N) is 2. The van der Waals surface area contributed by atoms with E-state index in [1.165, 1.54) is 0 Å². The van der Waals surface area contributed by atoms with Crippen LogP contribution in [0.2, 0.25) is 0 Å². The zero-order valence-corrected chi connectivity index (χ0v) is 14.3. The number of carbonyl (C=O) groups is 1. The molecule has 1 saturated heterocycles. The van der Waals surface area contributed by atoms with Gasteiger partial charge in [-0.05, 0) is 38.7 Å². The minimum absolute atomic E-state index is 0.0744. The number of aryl methyl sites for hydroxylation is 1. The number of sulfone groups is 1. The molecule has 1 aliphatic rings. The van der Waals surface area contributed by atoms with Gasteiger partial charge in [-0.15, -0.1) is 0 Å². The molecule has 0 bridgehead atoms. The maximum absolute atomic E-state index is 12.3. The summed E-state index contributed by atoms with van der Waals surface area (Å²) in [6.07, 6.45) is 2.92. The topological polar surface area (TPSA) is 81.1 Å². The molecule has 7 heteroatoms. The molecule has 6 nitrogen and oxygen atoms in total. The van der Waals surface area contributed by atoms with Crippen molar-refractivity contribution in [1.82, 2.24) is 15.1 Å². The van der Waals surface area contributed by atoms with Crippen molar-refractivity contribution in [2.45, 2.75) is 58.5 Å².